The standard InChI is InChI=1S/C24H31F5O/c1-2-3-16-6-10-19(11-7-16)20-12-8-17(9-13-20)4-5-18-14-21(25)23(22(26)15-18)30-24(27,28)29/h2,14-17,19-20H,1,3-13H2/t16-,17-,19-,20-. The molecule has 2 aliphatic carbocycles. The maximum atomic E-state index is 13.9. The van der Waals surface area contributed by atoms with E-state index in [-0.39, 0.29) is 0 Å². The highest BCUT2D eigenvalue weighted by Crippen LogP contribution is 2.43. The van der Waals surface area contributed by atoms with Gasteiger partial charge in [0.05, 0.1) is 0 Å². The zero-order valence-corrected chi connectivity index (χ0v) is 17.3. The van der Waals surface area contributed by atoms with E-state index in [4.69, 9.17) is 0 Å². The molecule has 0 heterocycles. The highest BCUT2D eigenvalue weighted by Gasteiger charge is 2.34. The minimum absolute atomic E-state index is 0.377. The number of halogens is 5. The van der Waals surface area contributed by atoms with Gasteiger partial charge in [-0.2, -0.15) is 0 Å². The smallest absolute Gasteiger partial charge is 0.399 e. The molecule has 168 valence electrons. The predicted molar refractivity (Wildman–Crippen MR) is 107 cm³/mol. The summed E-state index contributed by atoms with van der Waals surface area (Å²) in [5.74, 6) is -1.05. The van der Waals surface area contributed by atoms with Gasteiger partial charge in [0.1, 0.15) is 0 Å². The van der Waals surface area contributed by atoms with E-state index in [2.05, 4.69) is 11.3 Å². The molecule has 6 heteroatoms. The summed E-state index contributed by atoms with van der Waals surface area (Å²) < 4.78 is 67.9. The molecular formula is C24H31F5O. The Labute approximate surface area is 175 Å². The van der Waals surface area contributed by atoms with E-state index in [0.717, 1.165) is 55.6 Å². The lowest BCUT2D eigenvalue weighted by Crippen LogP contribution is -2.26. The summed E-state index contributed by atoms with van der Waals surface area (Å²) in [5, 5.41) is 0. The minimum Gasteiger partial charge on any atom is -0.399 e. The van der Waals surface area contributed by atoms with E-state index in [1.54, 1.807) is 0 Å². The Bertz CT molecular complexity index is 675. The molecule has 3 rings (SSSR count). The van der Waals surface area contributed by atoms with Crippen molar-refractivity contribution in [2.75, 3.05) is 0 Å². The van der Waals surface area contributed by atoms with Gasteiger partial charge in [0.25, 0.3) is 0 Å². The second-order valence-electron chi connectivity index (χ2n) is 9.06. The number of ether oxygens (including phenoxy) is 1. The van der Waals surface area contributed by atoms with E-state index in [1.807, 2.05) is 6.08 Å². The molecule has 2 aliphatic rings. The van der Waals surface area contributed by atoms with Crippen LogP contribution in [0.15, 0.2) is 24.8 Å². The summed E-state index contributed by atoms with van der Waals surface area (Å²) in [6.45, 7) is 3.85. The Morgan fingerprint density at radius 2 is 1.37 bits per heavy atom. The minimum atomic E-state index is -5.12. The molecule has 30 heavy (non-hydrogen) atoms. The molecule has 0 aliphatic heterocycles. The first kappa shape index (κ1) is 23.1. The number of benzene rings is 1. The zero-order valence-electron chi connectivity index (χ0n) is 17.3. The lowest BCUT2D eigenvalue weighted by atomic mass is 9.68. The van der Waals surface area contributed by atoms with Crippen LogP contribution in [0.25, 0.3) is 0 Å². The Morgan fingerprint density at radius 3 is 1.83 bits per heavy atom. The highest BCUT2D eigenvalue weighted by atomic mass is 19.4. The molecule has 0 N–H and O–H groups in total. The number of allylic oxidation sites excluding steroid dienone is 1. The molecule has 0 saturated heterocycles. The van der Waals surface area contributed by atoms with Gasteiger partial charge in [-0.1, -0.05) is 18.9 Å². The Morgan fingerprint density at radius 1 is 0.867 bits per heavy atom. The normalized spacial score (nSPS) is 27.6. The summed E-state index contributed by atoms with van der Waals surface area (Å²) in [6.07, 6.45) is 9.22. The van der Waals surface area contributed by atoms with Crippen molar-refractivity contribution < 1.29 is 26.7 Å². The third kappa shape index (κ3) is 6.45. The van der Waals surface area contributed by atoms with Gasteiger partial charge in [-0.05, 0) is 99.2 Å². The topological polar surface area (TPSA) is 9.23 Å². The third-order valence-corrected chi connectivity index (χ3v) is 7.07. The van der Waals surface area contributed by atoms with Crippen LogP contribution in [0.3, 0.4) is 0 Å². The first-order chi connectivity index (χ1) is 14.2. The van der Waals surface area contributed by atoms with Gasteiger partial charge >= 0.3 is 6.36 Å². The lowest BCUT2D eigenvalue weighted by Gasteiger charge is -2.37. The van der Waals surface area contributed by atoms with Crippen LogP contribution in [-0.2, 0) is 6.42 Å². The monoisotopic (exact) mass is 430 g/mol. The first-order valence-corrected chi connectivity index (χ1v) is 11.1. The molecule has 1 nitrogen and oxygen atoms in total. The van der Waals surface area contributed by atoms with Crippen LogP contribution in [0.2, 0.25) is 0 Å². The molecule has 0 atom stereocenters. The van der Waals surface area contributed by atoms with Crippen LogP contribution < -0.4 is 4.74 Å². The van der Waals surface area contributed by atoms with Crippen molar-refractivity contribution in [2.24, 2.45) is 23.7 Å². The van der Waals surface area contributed by atoms with Crippen molar-refractivity contribution in [1.29, 1.82) is 0 Å². The van der Waals surface area contributed by atoms with Crippen molar-refractivity contribution >= 4 is 0 Å². The molecule has 2 saturated carbocycles. The fourth-order valence-electron chi connectivity index (χ4n) is 5.42. The number of hydrogen-bond donors (Lipinski definition) is 0. The summed E-state index contributed by atoms with van der Waals surface area (Å²) in [5.41, 5.74) is 0.377. The van der Waals surface area contributed by atoms with E-state index in [0.29, 0.717) is 17.9 Å². The number of aryl methyl sites for hydroxylation is 1. The second kappa shape index (κ2) is 10.1. The number of rotatable bonds is 7. The van der Waals surface area contributed by atoms with E-state index < -0.39 is 23.7 Å². The van der Waals surface area contributed by atoms with Crippen molar-refractivity contribution in [3.05, 3.63) is 42.0 Å². The SMILES string of the molecule is C=CC[C@H]1CC[C@H]([C@H]2CC[C@H](CCc3cc(F)c(OC(F)(F)F)c(F)c3)CC2)CC1. The molecule has 1 aromatic carbocycles. The average molecular weight is 431 g/mol. The molecule has 0 aromatic heterocycles. The van der Waals surface area contributed by atoms with Crippen molar-refractivity contribution in [1.82, 2.24) is 0 Å². The fourth-order valence-corrected chi connectivity index (χ4v) is 5.42. The van der Waals surface area contributed by atoms with Crippen LogP contribution in [-0.4, -0.2) is 6.36 Å². The Kier molecular flexibility index (Phi) is 7.81. The summed E-state index contributed by atoms with van der Waals surface area (Å²) in [7, 11) is 0. The summed E-state index contributed by atoms with van der Waals surface area (Å²) >= 11 is 0. The van der Waals surface area contributed by atoms with Crippen molar-refractivity contribution in [2.45, 2.75) is 77.0 Å². The van der Waals surface area contributed by atoms with Crippen molar-refractivity contribution in [3.63, 3.8) is 0 Å². The predicted octanol–water partition coefficient (Wildman–Crippen LogP) is 7.98. The Balaban J connectivity index is 1.44. The van der Waals surface area contributed by atoms with E-state index in [9.17, 15) is 22.0 Å². The second-order valence-corrected chi connectivity index (χ2v) is 9.06. The van der Waals surface area contributed by atoms with Crippen LogP contribution >= 0.6 is 0 Å². The van der Waals surface area contributed by atoms with Gasteiger partial charge in [-0.25, -0.2) is 8.78 Å². The van der Waals surface area contributed by atoms with Gasteiger partial charge in [-0.3, -0.25) is 0 Å². The van der Waals surface area contributed by atoms with Crippen LogP contribution in [0, 0.1) is 35.3 Å². The fraction of sp³-hybridized carbons (Fsp3) is 0.667. The summed E-state index contributed by atoms with van der Waals surface area (Å²) in [4.78, 5) is 0. The van der Waals surface area contributed by atoms with Crippen LogP contribution in [0.1, 0.15) is 69.8 Å². The molecule has 1 aromatic rings. The lowest BCUT2D eigenvalue weighted by molar-refractivity contribution is -0.276. The molecule has 0 amide bonds. The number of alkyl halides is 3. The quantitative estimate of drug-likeness (QED) is 0.315. The molecular weight excluding hydrogens is 399 g/mol. The molecule has 0 radical (unpaired) electrons. The first-order valence-electron chi connectivity index (χ1n) is 11.1. The Hall–Kier alpha value is -1.59. The number of hydrogen-bond acceptors (Lipinski definition) is 1. The van der Waals surface area contributed by atoms with Gasteiger partial charge in [0.15, 0.2) is 11.6 Å². The maximum absolute atomic E-state index is 13.9. The largest absolute Gasteiger partial charge is 0.573 e. The molecule has 0 bridgehead atoms. The van der Waals surface area contributed by atoms with Gasteiger partial charge in [-0.15, -0.1) is 19.8 Å². The van der Waals surface area contributed by atoms with Gasteiger partial charge < -0.3 is 4.74 Å². The maximum Gasteiger partial charge on any atom is 0.573 e. The van der Waals surface area contributed by atoms with Crippen LogP contribution in [0.4, 0.5) is 22.0 Å². The van der Waals surface area contributed by atoms with Crippen LogP contribution in [0.5, 0.6) is 5.75 Å². The zero-order chi connectivity index (χ0) is 21.7. The van der Waals surface area contributed by atoms with E-state index in [1.165, 1.54) is 38.5 Å². The van der Waals surface area contributed by atoms with E-state index >= 15 is 0 Å². The van der Waals surface area contributed by atoms with Gasteiger partial charge in [0, 0.05) is 0 Å². The summed E-state index contributed by atoms with van der Waals surface area (Å²) in [6, 6.07) is 1.91. The third-order valence-electron chi connectivity index (χ3n) is 7.07. The van der Waals surface area contributed by atoms with Crippen molar-refractivity contribution in [3.8, 4) is 5.75 Å². The average Bonchev–Trinajstić information content (AvgIpc) is 2.70. The molecule has 0 unspecified atom stereocenters. The molecule has 2 fully saturated rings. The highest BCUT2D eigenvalue weighted by molar-refractivity contribution is 5.31. The van der Waals surface area contributed by atoms with Gasteiger partial charge in [0.2, 0.25) is 5.75 Å². The molecule has 0 spiro atoms.